The molecule has 0 fully saturated rings. The van der Waals surface area contributed by atoms with E-state index in [1.165, 1.54) is 0 Å². The Labute approximate surface area is 373 Å². The second-order valence-corrected chi connectivity index (χ2v) is 17.4. The molecular formula is C56H50N4O. The molecule has 0 amide bonds. The van der Waals surface area contributed by atoms with Gasteiger partial charge < -0.3 is 14.5 Å². The van der Waals surface area contributed by atoms with Crippen molar-refractivity contribution >= 4 is 44.6 Å². The lowest BCUT2D eigenvalue weighted by atomic mass is 9.86. The fourth-order valence-corrected chi connectivity index (χ4v) is 8.27. The highest BCUT2D eigenvalue weighted by Gasteiger charge is 2.32. The van der Waals surface area contributed by atoms with Crippen LogP contribution in [0.4, 0.5) is 22.7 Å². The Bertz CT molecular complexity index is 3520. The van der Waals surface area contributed by atoms with Gasteiger partial charge in [0.15, 0.2) is 0 Å². The molecule has 9 aromatic rings. The van der Waals surface area contributed by atoms with E-state index >= 15 is 0 Å². The molecule has 0 bridgehead atoms. The summed E-state index contributed by atoms with van der Waals surface area (Å²) in [6, 6.07) is 32.3. The van der Waals surface area contributed by atoms with Gasteiger partial charge in [-0.1, -0.05) is 150 Å². The molecule has 300 valence electrons. The van der Waals surface area contributed by atoms with Crippen molar-refractivity contribution < 1.29 is 18.4 Å². The van der Waals surface area contributed by atoms with Crippen molar-refractivity contribution in [3.8, 4) is 39.6 Å². The smallest absolute Gasteiger partial charge is 0.137 e. The minimum absolute atomic E-state index is 0.0877. The SMILES string of the molecule is [2H]c1c([2H])c([2H])c(-c2cccc(-c3c([2H])c([2H])c([2H])c([2H])c3[2H])c2N2CN(c3cc(Oc4ccc5c6ccccc6n(-c6cc(C(C)(C)C)ccn6)c5c4)cc(C(C)(C)C)c3)c3ccccc32)c([2H])c1[2H]. The van der Waals surface area contributed by atoms with Gasteiger partial charge in [0.25, 0.3) is 0 Å². The third-order valence-corrected chi connectivity index (χ3v) is 11.4. The number of fused-ring (bicyclic) bond motifs is 4. The van der Waals surface area contributed by atoms with Crippen molar-refractivity contribution in [1.82, 2.24) is 9.55 Å². The normalized spacial score (nSPS) is 15.2. The second kappa shape index (κ2) is 14.9. The first-order valence-electron chi connectivity index (χ1n) is 25.4. The van der Waals surface area contributed by atoms with Crippen LogP contribution in [0.1, 0.15) is 66.4 Å². The van der Waals surface area contributed by atoms with Gasteiger partial charge in [-0.3, -0.25) is 4.57 Å². The maximum absolute atomic E-state index is 9.09. The van der Waals surface area contributed by atoms with Crippen molar-refractivity contribution in [2.24, 2.45) is 0 Å². The quantitative estimate of drug-likeness (QED) is 0.161. The predicted octanol–water partition coefficient (Wildman–Crippen LogP) is 15.1. The molecule has 0 N–H and O–H groups in total. The molecule has 0 saturated carbocycles. The molecule has 5 nitrogen and oxygen atoms in total. The summed E-state index contributed by atoms with van der Waals surface area (Å²) in [7, 11) is 0. The number of pyridine rings is 1. The van der Waals surface area contributed by atoms with E-state index in [2.05, 4.69) is 87.4 Å². The lowest BCUT2D eigenvalue weighted by Crippen LogP contribution is -2.25. The zero-order chi connectivity index (χ0) is 50.6. The number of aromatic nitrogens is 2. The number of benzene rings is 7. The number of hydrogen-bond donors (Lipinski definition) is 0. The van der Waals surface area contributed by atoms with Crippen LogP contribution in [0.3, 0.4) is 0 Å². The Kier molecular flexibility index (Phi) is 6.91. The summed E-state index contributed by atoms with van der Waals surface area (Å²) in [6.45, 7) is 13.1. The van der Waals surface area contributed by atoms with Crippen molar-refractivity contribution in [2.75, 3.05) is 16.5 Å². The predicted molar refractivity (Wildman–Crippen MR) is 255 cm³/mol. The van der Waals surface area contributed by atoms with Gasteiger partial charge in [0.2, 0.25) is 0 Å². The van der Waals surface area contributed by atoms with E-state index in [4.69, 9.17) is 23.4 Å². The molecule has 3 heterocycles. The van der Waals surface area contributed by atoms with Gasteiger partial charge in [-0.25, -0.2) is 4.98 Å². The maximum Gasteiger partial charge on any atom is 0.137 e. The van der Waals surface area contributed by atoms with Crippen molar-refractivity contribution in [2.45, 2.75) is 52.4 Å². The van der Waals surface area contributed by atoms with Gasteiger partial charge in [0.1, 0.15) is 24.0 Å². The summed E-state index contributed by atoms with van der Waals surface area (Å²) in [5, 5.41) is 2.15. The Hall–Kier alpha value is -7.11. The van der Waals surface area contributed by atoms with E-state index in [-0.39, 0.29) is 39.8 Å². The standard InChI is InChI=1S/C56H50N4O/c1-55(2,3)40-30-31-57-53(34-40)60-49-25-14-13-22-47(49)48-29-28-43(36-52(48)60)61-44-33-41(56(4,5)6)32-42(35-44)58-37-59(51-27-16-15-26-50(51)58)54-45(38-18-9-7-10-19-38)23-17-24-46(54)39-20-11-8-12-21-39/h7-36H,37H2,1-6H3/i7D,8D,9D,10D,11D,12D,18D,19D,20D,21D. The molecule has 0 aliphatic carbocycles. The first-order valence-corrected chi connectivity index (χ1v) is 20.4. The molecule has 0 atom stereocenters. The highest BCUT2D eigenvalue weighted by molar-refractivity contribution is 6.09. The topological polar surface area (TPSA) is 33.5 Å². The fraction of sp³-hybridized carbons (Fsp3) is 0.161. The van der Waals surface area contributed by atoms with Gasteiger partial charge in [-0.15, -0.1) is 0 Å². The number of anilines is 4. The fourth-order valence-electron chi connectivity index (χ4n) is 8.27. The maximum atomic E-state index is 9.09. The molecule has 7 aromatic carbocycles. The molecule has 0 unspecified atom stereocenters. The van der Waals surface area contributed by atoms with Gasteiger partial charge >= 0.3 is 0 Å². The Balaban J connectivity index is 1.14. The Morgan fingerprint density at radius 1 is 0.541 bits per heavy atom. The van der Waals surface area contributed by atoms with Crippen LogP contribution in [0.5, 0.6) is 11.5 Å². The molecule has 0 spiro atoms. The Morgan fingerprint density at radius 3 is 1.84 bits per heavy atom. The van der Waals surface area contributed by atoms with E-state index in [0.29, 0.717) is 22.9 Å². The first-order chi connectivity index (χ1) is 33.6. The summed E-state index contributed by atoms with van der Waals surface area (Å²) in [5.41, 5.74) is 6.47. The monoisotopic (exact) mass is 804 g/mol. The number of hydrogen-bond acceptors (Lipinski definition) is 4. The number of para-hydroxylation sites is 4. The van der Waals surface area contributed by atoms with Gasteiger partial charge in [0.05, 0.1) is 41.8 Å². The molecule has 0 saturated heterocycles. The average molecular weight is 805 g/mol. The van der Waals surface area contributed by atoms with Crippen LogP contribution in [0, 0.1) is 0 Å². The van der Waals surface area contributed by atoms with Gasteiger partial charge in [-0.05, 0) is 87.7 Å². The largest absolute Gasteiger partial charge is 0.457 e. The minimum Gasteiger partial charge on any atom is -0.457 e. The minimum atomic E-state index is -0.549. The second-order valence-electron chi connectivity index (χ2n) is 17.4. The molecule has 10 rings (SSSR count). The van der Waals surface area contributed by atoms with Crippen LogP contribution in [0.15, 0.2) is 182 Å². The van der Waals surface area contributed by atoms with Crippen molar-refractivity contribution in [3.63, 3.8) is 0 Å². The first kappa shape index (κ1) is 28.4. The van der Waals surface area contributed by atoms with Crippen molar-refractivity contribution in [1.29, 1.82) is 0 Å². The third-order valence-electron chi connectivity index (χ3n) is 11.4. The van der Waals surface area contributed by atoms with Crippen molar-refractivity contribution in [3.05, 3.63) is 193 Å². The average Bonchev–Trinajstić information content (AvgIpc) is 3.89. The molecule has 5 heteroatoms. The molecule has 61 heavy (non-hydrogen) atoms. The van der Waals surface area contributed by atoms with Gasteiger partial charge in [0, 0.05) is 45.9 Å². The summed E-state index contributed by atoms with van der Waals surface area (Å²) >= 11 is 0. The van der Waals surface area contributed by atoms with Crippen LogP contribution in [-0.2, 0) is 10.8 Å². The van der Waals surface area contributed by atoms with Crippen LogP contribution in [-0.4, -0.2) is 16.2 Å². The molecular weight excluding hydrogens is 745 g/mol. The van der Waals surface area contributed by atoms with Crippen LogP contribution < -0.4 is 14.5 Å². The van der Waals surface area contributed by atoms with Crippen LogP contribution in [0.25, 0.3) is 49.9 Å². The van der Waals surface area contributed by atoms with E-state index in [9.17, 15) is 0 Å². The van der Waals surface area contributed by atoms with E-state index in [1.807, 2.05) is 71.8 Å². The van der Waals surface area contributed by atoms with Crippen LogP contribution >= 0.6 is 0 Å². The summed E-state index contributed by atoms with van der Waals surface area (Å²) in [6.07, 6.45) is 1.86. The number of ether oxygens (including phenoxy) is 1. The molecule has 2 aromatic heterocycles. The van der Waals surface area contributed by atoms with Gasteiger partial charge in [-0.2, -0.15) is 0 Å². The third kappa shape index (κ3) is 7.00. The molecule has 1 aliphatic rings. The molecule has 1 aliphatic heterocycles. The highest BCUT2D eigenvalue weighted by atomic mass is 16.5. The summed E-state index contributed by atoms with van der Waals surface area (Å²) in [5.74, 6) is 2.00. The highest BCUT2D eigenvalue weighted by Crippen LogP contribution is 2.51. The zero-order valence-corrected chi connectivity index (χ0v) is 35.0. The van der Waals surface area contributed by atoms with E-state index in [0.717, 1.165) is 50.1 Å². The van der Waals surface area contributed by atoms with Crippen LogP contribution in [0.2, 0.25) is 0 Å². The lowest BCUT2D eigenvalue weighted by molar-refractivity contribution is 0.479. The Morgan fingerprint density at radius 2 is 1.16 bits per heavy atom. The summed E-state index contributed by atoms with van der Waals surface area (Å²) in [4.78, 5) is 8.87. The van der Waals surface area contributed by atoms with E-state index < -0.39 is 60.4 Å². The van der Waals surface area contributed by atoms with E-state index in [1.54, 1.807) is 18.2 Å². The number of rotatable bonds is 7. The zero-order valence-electron chi connectivity index (χ0n) is 45.0. The number of nitrogens with zero attached hydrogens (tertiary/aromatic N) is 4. The summed E-state index contributed by atoms with van der Waals surface area (Å²) < 4.78 is 96.7. The lowest BCUT2D eigenvalue weighted by Gasteiger charge is -2.28. The molecule has 0 radical (unpaired) electrons.